The smallest absolute Gasteiger partial charge is 0.497 e. The molecule has 3 rings (SSSR count). The third kappa shape index (κ3) is 6.61. The zero-order chi connectivity index (χ0) is 22.2. The number of anilines is 2. The van der Waals surface area contributed by atoms with Crippen molar-refractivity contribution < 1.29 is 28.6 Å². The summed E-state index contributed by atoms with van der Waals surface area (Å²) in [5.74, 6) is 2.36. The number of rotatable bonds is 8. The molecule has 1 saturated heterocycles. The predicted molar refractivity (Wildman–Crippen MR) is 113 cm³/mol. The maximum Gasteiger partial charge on any atom is 0.528 e. The van der Waals surface area contributed by atoms with Crippen LogP contribution in [0.4, 0.5) is 16.3 Å². The van der Waals surface area contributed by atoms with E-state index in [4.69, 9.17) is 23.8 Å². The fourth-order valence-corrected chi connectivity index (χ4v) is 3.04. The lowest BCUT2D eigenvalue weighted by atomic mass is 10.1. The van der Waals surface area contributed by atoms with Crippen LogP contribution in [0.3, 0.4) is 0 Å². The van der Waals surface area contributed by atoms with Crippen LogP contribution in [0, 0.1) is 0 Å². The van der Waals surface area contributed by atoms with Crippen molar-refractivity contribution in [3.63, 3.8) is 0 Å². The van der Waals surface area contributed by atoms with Crippen molar-refractivity contribution in [1.29, 1.82) is 0 Å². The second-order valence-corrected chi connectivity index (χ2v) is 7.19. The van der Waals surface area contributed by atoms with Gasteiger partial charge in [-0.25, -0.2) is 14.8 Å². The van der Waals surface area contributed by atoms with E-state index in [1.54, 1.807) is 45.3 Å². The highest BCUT2D eigenvalue weighted by molar-refractivity contribution is 5.66. The van der Waals surface area contributed by atoms with Gasteiger partial charge in [-0.15, -0.1) is 5.06 Å². The monoisotopic (exact) mass is 432 g/mol. The third-order valence-corrected chi connectivity index (χ3v) is 4.54. The Morgan fingerprint density at radius 1 is 1.13 bits per heavy atom. The van der Waals surface area contributed by atoms with Gasteiger partial charge in [0.15, 0.2) is 0 Å². The van der Waals surface area contributed by atoms with Gasteiger partial charge in [-0.3, -0.25) is 0 Å². The zero-order valence-electron chi connectivity index (χ0n) is 18.2. The normalized spacial score (nSPS) is 14.7. The first-order chi connectivity index (χ1) is 15.0. The van der Waals surface area contributed by atoms with Crippen LogP contribution in [0.25, 0.3) is 0 Å². The van der Waals surface area contributed by atoms with Crippen molar-refractivity contribution in [2.45, 2.75) is 38.9 Å². The molecule has 0 unspecified atom stereocenters. The quantitative estimate of drug-likeness (QED) is 0.623. The molecule has 1 aromatic heterocycles. The van der Waals surface area contributed by atoms with Gasteiger partial charge in [-0.1, -0.05) is 0 Å². The minimum atomic E-state index is -0.685. The number of hydroxylamine groups is 2. The molecule has 0 amide bonds. The Bertz CT molecular complexity index is 871. The number of carbonyl (C=O) groups is 1. The molecule has 168 valence electrons. The molecule has 1 N–H and O–H groups in total. The average molecular weight is 432 g/mol. The van der Waals surface area contributed by atoms with Crippen molar-refractivity contribution in [3.05, 3.63) is 30.6 Å². The van der Waals surface area contributed by atoms with Crippen molar-refractivity contribution in [1.82, 2.24) is 15.0 Å². The van der Waals surface area contributed by atoms with Crippen molar-refractivity contribution in [3.8, 4) is 17.4 Å². The number of nitrogens with one attached hydrogen (secondary N) is 1. The number of methoxy groups -OCH3 is 2. The van der Waals surface area contributed by atoms with Crippen LogP contribution in [0.5, 0.6) is 17.4 Å². The van der Waals surface area contributed by atoms with Crippen LogP contribution in [0.1, 0.15) is 26.7 Å². The van der Waals surface area contributed by atoms with E-state index in [2.05, 4.69) is 15.3 Å². The number of aromatic nitrogens is 2. The van der Waals surface area contributed by atoms with Crippen molar-refractivity contribution in [2.75, 3.05) is 32.6 Å². The summed E-state index contributed by atoms with van der Waals surface area (Å²) in [6.45, 7) is 4.65. The number of hydrogen-bond donors (Lipinski definition) is 1. The van der Waals surface area contributed by atoms with Gasteiger partial charge in [0, 0.05) is 38.1 Å². The van der Waals surface area contributed by atoms with Crippen LogP contribution < -0.4 is 19.5 Å². The molecule has 10 heteroatoms. The summed E-state index contributed by atoms with van der Waals surface area (Å²) in [5.41, 5.74) is 0.742. The molecule has 1 aromatic carbocycles. The fraction of sp³-hybridized carbons (Fsp3) is 0.476. The second-order valence-electron chi connectivity index (χ2n) is 7.19. The first-order valence-electron chi connectivity index (χ1n) is 10.1. The first kappa shape index (κ1) is 22.4. The Hall–Kier alpha value is -3.27. The van der Waals surface area contributed by atoms with Crippen LogP contribution >= 0.6 is 0 Å². The van der Waals surface area contributed by atoms with Gasteiger partial charge in [0.1, 0.15) is 29.7 Å². The zero-order valence-corrected chi connectivity index (χ0v) is 18.2. The van der Waals surface area contributed by atoms with E-state index in [9.17, 15) is 4.79 Å². The summed E-state index contributed by atoms with van der Waals surface area (Å²) in [6, 6.07) is 7.19. The minimum Gasteiger partial charge on any atom is -0.497 e. The molecule has 0 saturated carbocycles. The first-order valence-corrected chi connectivity index (χ1v) is 10.1. The molecule has 31 heavy (non-hydrogen) atoms. The van der Waals surface area contributed by atoms with E-state index < -0.39 is 6.16 Å². The molecule has 1 fully saturated rings. The lowest BCUT2D eigenvalue weighted by molar-refractivity contribution is -0.151. The lowest BCUT2D eigenvalue weighted by Gasteiger charge is -2.30. The van der Waals surface area contributed by atoms with Gasteiger partial charge in [0.05, 0.1) is 26.0 Å². The molecule has 0 atom stereocenters. The number of benzene rings is 1. The van der Waals surface area contributed by atoms with Crippen molar-refractivity contribution in [2.24, 2.45) is 0 Å². The Kier molecular flexibility index (Phi) is 7.71. The summed E-state index contributed by atoms with van der Waals surface area (Å²) in [7, 11) is 3.19. The highest BCUT2D eigenvalue weighted by Crippen LogP contribution is 2.31. The van der Waals surface area contributed by atoms with E-state index >= 15 is 0 Å². The summed E-state index contributed by atoms with van der Waals surface area (Å²) >= 11 is 0. The summed E-state index contributed by atoms with van der Waals surface area (Å²) in [4.78, 5) is 25.2. The van der Waals surface area contributed by atoms with Gasteiger partial charge in [-0.05, 0) is 26.0 Å². The average Bonchev–Trinajstić information content (AvgIpc) is 2.75. The molecule has 0 spiro atoms. The van der Waals surface area contributed by atoms with Crippen LogP contribution in [-0.4, -0.2) is 60.7 Å². The van der Waals surface area contributed by atoms with Crippen LogP contribution in [0.2, 0.25) is 0 Å². The van der Waals surface area contributed by atoms with Crippen LogP contribution in [0.15, 0.2) is 30.6 Å². The molecule has 0 bridgehead atoms. The standard InChI is InChI=1S/C21H28N4O6/c1-14(2)29-21(26)31-25-9-7-15(8-10-25)30-20-12-19(22-13-23-20)24-17-6-5-16(27-3)11-18(17)28-4/h5-6,11-15H,7-10H2,1-4H3,(H,22,23,24). The van der Waals surface area contributed by atoms with E-state index in [1.807, 2.05) is 12.1 Å². The van der Waals surface area contributed by atoms with Gasteiger partial charge in [-0.2, -0.15) is 0 Å². The highest BCUT2D eigenvalue weighted by atomic mass is 16.8. The maximum absolute atomic E-state index is 11.6. The Labute approximate surface area is 181 Å². The summed E-state index contributed by atoms with van der Waals surface area (Å²) in [5, 5.41) is 4.80. The molecule has 0 aliphatic carbocycles. The summed E-state index contributed by atoms with van der Waals surface area (Å²) < 4.78 is 21.6. The molecule has 1 aliphatic rings. The molecular formula is C21H28N4O6. The number of piperidine rings is 1. The van der Waals surface area contributed by atoms with E-state index in [1.165, 1.54) is 6.33 Å². The molecule has 10 nitrogen and oxygen atoms in total. The van der Waals surface area contributed by atoms with Gasteiger partial charge in [0.25, 0.3) is 0 Å². The minimum absolute atomic E-state index is 0.0424. The lowest BCUT2D eigenvalue weighted by Crippen LogP contribution is -2.40. The van der Waals surface area contributed by atoms with Gasteiger partial charge >= 0.3 is 6.16 Å². The largest absolute Gasteiger partial charge is 0.528 e. The van der Waals surface area contributed by atoms with Gasteiger partial charge in [0.2, 0.25) is 5.88 Å². The van der Waals surface area contributed by atoms with Crippen LogP contribution in [-0.2, 0) is 9.57 Å². The molecule has 2 aromatic rings. The Morgan fingerprint density at radius 2 is 1.90 bits per heavy atom. The molecule has 2 heterocycles. The van der Waals surface area contributed by atoms with E-state index in [0.717, 1.165) is 5.69 Å². The van der Waals surface area contributed by atoms with E-state index in [0.29, 0.717) is 49.1 Å². The van der Waals surface area contributed by atoms with E-state index in [-0.39, 0.29) is 12.2 Å². The number of carbonyl (C=O) groups excluding carboxylic acids is 1. The Balaban J connectivity index is 1.54. The van der Waals surface area contributed by atoms with Crippen molar-refractivity contribution >= 4 is 17.7 Å². The SMILES string of the molecule is COc1ccc(Nc2cc(OC3CCN(OC(=O)OC(C)C)CC3)ncn2)c(OC)c1. The Morgan fingerprint density at radius 3 is 2.58 bits per heavy atom. The number of nitrogens with zero attached hydrogens (tertiary/aromatic N) is 3. The number of ether oxygens (including phenoxy) is 4. The maximum atomic E-state index is 11.6. The summed E-state index contributed by atoms with van der Waals surface area (Å²) in [6.07, 6.45) is 1.87. The topological polar surface area (TPSA) is 104 Å². The fourth-order valence-electron chi connectivity index (χ4n) is 3.04. The molecular weight excluding hydrogens is 404 g/mol. The third-order valence-electron chi connectivity index (χ3n) is 4.54. The molecule has 0 radical (unpaired) electrons. The van der Waals surface area contributed by atoms with Gasteiger partial charge < -0.3 is 29.1 Å². The molecule has 1 aliphatic heterocycles. The number of hydrogen-bond acceptors (Lipinski definition) is 10. The highest BCUT2D eigenvalue weighted by Gasteiger charge is 2.24. The predicted octanol–water partition coefficient (Wildman–Crippen LogP) is 3.56. The second kappa shape index (κ2) is 10.7.